The van der Waals surface area contributed by atoms with E-state index in [9.17, 15) is 19.3 Å². The molecule has 6 nitrogen and oxygen atoms in total. The van der Waals surface area contributed by atoms with Crippen molar-refractivity contribution in [3.8, 4) is 5.75 Å². The fourth-order valence-corrected chi connectivity index (χ4v) is 2.51. The first-order chi connectivity index (χ1) is 11.8. The minimum Gasteiger partial charge on any atom is -0.482 e. The molecular weight excluding hydrogens is 329 g/mol. The van der Waals surface area contributed by atoms with E-state index in [1.54, 1.807) is 6.07 Å². The van der Waals surface area contributed by atoms with Crippen LogP contribution < -0.4 is 10.4 Å². The van der Waals surface area contributed by atoms with Gasteiger partial charge in [-0.25, -0.2) is 9.18 Å². The lowest BCUT2D eigenvalue weighted by Crippen LogP contribution is -2.05. The van der Waals surface area contributed by atoms with Crippen molar-refractivity contribution in [3.05, 3.63) is 79.4 Å². The Kier molecular flexibility index (Phi) is 4.22. The number of nitro groups is 1. The molecule has 0 fully saturated rings. The largest absolute Gasteiger partial charge is 0.482 e. The molecule has 1 heterocycles. The monoisotopic (exact) mass is 343 g/mol. The molecule has 25 heavy (non-hydrogen) atoms. The molecule has 2 aromatic carbocycles. The SMILES string of the molecule is Cc1cc2oc(=O)cc(COc3cc(F)ccc3[N+](=O)[O-])c2cc1C. The van der Waals surface area contributed by atoms with Crippen LogP contribution in [0.3, 0.4) is 0 Å². The van der Waals surface area contributed by atoms with Crippen LogP contribution >= 0.6 is 0 Å². The number of fused-ring (bicyclic) bond motifs is 1. The van der Waals surface area contributed by atoms with Crippen molar-refractivity contribution < 1.29 is 18.5 Å². The van der Waals surface area contributed by atoms with Gasteiger partial charge < -0.3 is 9.15 Å². The Bertz CT molecular complexity index is 1040. The minimum absolute atomic E-state index is 0.130. The molecule has 0 unspecified atom stereocenters. The smallest absolute Gasteiger partial charge is 0.336 e. The van der Waals surface area contributed by atoms with E-state index in [4.69, 9.17) is 9.15 Å². The number of benzene rings is 2. The average Bonchev–Trinajstić information content (AvgIpc) is 2.54. The molecule has 0 aliphatic carbocycles. The van der Waals surface area contributed by atoms with Crippen molar-refractivity contribution in [2.45, 2.75) is 20.5 Å². The van der Waals surface area contributed by atoms with E-state index in [0.717, 1.165) is 29.3 Å². The number of hydrogen-bond acceptors (Lipinski definition) is 5. The van der Waals surface area contributed by atoms with Gasteiger partial charge >= 0.3 is 11.3 Å². The minimum atomic E-state index is -0.653. The Labute approximate surface area is 141 Å². The molecule has 3 rings (SSSR count). The zero-order valence-electron chi connectivity index (χ0n) is 13.5. The van der Waals surface area contributed by atoms with Crippen molar-refractivity contribution >= 4 is 16.7 Å². The maximum absolute atomic E-state index is 13.4. The fraction of sp³-hybridized carbons (Fsp3) is 0.167. The molecule has 128 valence electrons. The summed E-state index contributed by atoms with van der Waals surface area (Å²) in [5.74, 6) is -0.847. The van der Waals surface area contributed by atoms with E-state index in [-0.39, 0.29) is 18.0 Å². The molecule has 7 heteroatoms. The van der Waals surface area contributed by atoms with Crippen molar-refractivity contribution in [3.63, 3.8) is 0 Å². The maximum Gasteiger partial charge on any atom is 0.336 e. The topological polar surface area (TPSA) is 82.6 Å². The predicted molar refractivity (Wildman–Crippen MR) is 89.3 cm³/mol. The molecular formula is C18H14FNO5. The number of ether oxygens (including phenoxy) is 1. The van der Waals surface area contributed by atoms with Gasteiger partial charge in [-0.15, -0.1) is 0 Å². The highest BCUT2D eigenvalue weighted by Gasteiger charge is 2.17. The Hall–Kier alpha value is -3.22. The van der Waals surface area contributed by atoms with Gasteiger partial charge in [-0.3, -0.25) is 10.1 Å². The van der Waals surface area contributed by atoms with Gasteiger partial charge in [-0.1, -0.05) is 0 Å². The predicted octanol–water partition coefficient (Wildman–Crippen LogP) is 4.04. The summed E-state index contributed by atoms with van der Waals surface area (Å²) in [5.41, 5.74) is 1.98. The van der Waals surface area contributed by atoms with Gasteiger partial charge in [0.25, 0.3) is 0 Å². The van der Waals surface area contributed by atoms with Gasteiger partial charge in [-0.2, -0.15) is 0 Å². The molecule has 0 N–H and O–H groups in total. The quantitative estimate of drug-likeness (QED) is 0.406. The van der Waals surface area contributed by atoms with E-state index >= 15 is 0 Å². The second kappa shape index (κ2) is 6.35. The summed E-state index contributed by atoms with van der Waals surface area (Å²) in [6, 6.07) is 7.84. The van der Waals surface area contributed by atoms with Gasteiger partial charge in [0.05, 0.1) is 4.92 Å². The number of nitrogens with zero attached hydrogens (tertiary/aromatic N) is 1. The summed E-state index contributed by atoms with van der Waals surface area (Å²) in [6.45, 7) is 3.69. The molecule has 0 bridgehead atoms. The normalized spacial score (nSPS) is 10.8. The molecule has 0 aliphatic rings. The van der Waals surface area contributed by atoms with Crippen LogP contribution in [0.4, 0.5) is 10.1 Å². The Morgan fingerprint density at radius 2 is 1.88 bits per heavy atom. The van der Waals surface area contributed by atoms with Gasteiger partial charge in [0.2, 0.25) is 0 Å². The third-order valence-electron chi connectivity index (χ3n) is 3.95. The lowest BCUT2D eigenvalue weighted by molar-refractivity contribution is -0.386. The van der Waals surface area contributed by atoms with Crippen LogP contribution in [0.1, 0.15) is 16.7 Å². The summed E-state index contributed by atoms with van der Waals surface area (Å²) >= 11 is 0. The summed E-state index contributed by atoms with van der Waals surface area (Å²) in [5, 5.41) is 11.7. The van der Waals surface area contributed by atoms with Gasteiger partial charge in [0.15, 0.2) is 5.75 Å². The van der Waals surface area contributed by atoms with Crippen molar-refractivity contribution in [1.29, 1.82) is 0 Å². The van der Waals surface area contributed by atoms with Crippen molar-refractivity contribution in [1.82, 2.24) is 0 Å². The maximum atomic E-state index is 13.4. The zero-order valence-corrected chi connectivity index (χ0v) is 13.5. The molecule has 0 atom stereocenters. The first-order valence-corrected chi connectivity index (χ1v) is 7.46. The average molecular weight is 343 g/mol. The first-order valence-electron chi connectivity index (χ1n) is 7.46. The van der Waals surface area contributed by atoms with E-state index in [2.05, 4.69) is 0 Å². The summed E-state index contributed by atoms with van der Waals surface area (Å²) in [4.78, 5) is 22.1. The van der Waals surface area contributed by atoms with Crippen LogP contribution in [0.15, 0.2) is 45.6 Å². The fourth-order valence-electron chi connectivity index (χ4n) is 2.51. The molecule has 0 spiro atoms. The second-order valence-electron chi connectivity index (χ2n) is 5.68. The lowest BCUT2D eigenvalue weighted by Gasteiger charge is -2.10. The molecule has 0 aliphatic heterocycles. The summed E-state index contributed by atoms with van der Waals surface area (Å²) < 4.78 is 24.0. The van der Waals surface area contributed by atoms with Crippen LogP contribution in [0.5, 0.6) is 5.75 Å². The Balaban J connectivity index is 2.02. The molecule has 0 saturated carbocycles. The molecule has 0 radical (unpaired) electrons. The number of aryl methyl sites for hydroxylation is 2. The van der Waals surface area contributed by atoms with E-state index in [0.29, 0.717) is 16.5 Å². The molecule has 3 aromatic rings. The second-order valence-corrected chi connectivity index (χ2v) is 5.68. The molecule has 0 amide bonds. The Morgan fingerprint density at radius 1 is 1.16 bits per heavy atom. The number of halogens is 1. The van der Waals surface area contributed by atoms with Gasteiger partial charge in [0.1, 0.15) is 18.0 Å². The van der Waals surface area contributed by atoms with E-state index < -0.39 is 16.4 Å². The number of nitro benzene ring substituents is 1. The van der Waals surface area contributed by atoms with E-state index in [1.807, 2.05) is 19.9 Å². The van der Waals surface area contributed by atoms with Crippen LogP contribution in [0.25, 0.3) is 11.0 Å². The molecule has 0 saturated heterocycles. The Morgan fingerprint density at radius 3 is 2.60 bits per heavy atom. The van der Waals surface area contributed by atoms with Crippen LogP contribution in [0, 0.1) is 29.8 Å². The standard InChI is InChI=1S/C18H14FNO5/c1-10-5-14-12(7-18(21)25-16(14)6-11(10)2)9-24-17-8-13(19)3-4-15(17)20(22)23/h3-8H,9H2,1-2H3. The highest BCUT2D eigenvalue weighted by molar-refractivity contribution is 5.81. The third-order valence-corrected chi connectivity index (χ3v) is 3.95. The highest BCUT2D eigenvalue weighted by Crippen LogP contribution is 2.29. The van der Waals surface area contributed by atoms with E-state index in [1.165, 1.54) is 6.07 Å². The lowest BCUT2D eigenvalue weighted by atomic mass is 10.0. The van der Waals surface area contributed by atoms with Gasteiger partial charge in [-0.05, 0) is 43.2 Å². The van der Waals surface area contributed by atoms with Gasteiger partial charge in [0, 0.05) is 29.1 Å². The third kappa shape index (κ3) is 3.35. The summed E-state index contributed by atoms with van der Waals surface area (Å²) in [7, 11) is 0. The highest BCUT2D eigenvalue weighted by atomic mass is 19.1. The van der Waals surface area contributed by atoms with Crippen molar-refractivity contribution in [2.24, 2.45) is 0 Å². The molecule has 1 aromatic heterocycles. The number of hydrogen-bond donors (Lipinski definition) is 0. The van der Waals surface area contributed by atoms with Crippen molar-refractivity contribution in [2.75, 3.05) is 0 Å². The summed E-state index contributed by atoms with van der Waals surface area (Å²) in [6.07, 6.45) is 0. The van der Waals surface area contributed by atoms with Crippen LogP contribution in [-0.2, 0) is 6.61 Å². The van der Waals surface area contributed by atoms with Crippen LogP contribution in [-0.4, -0.2) is 4.92 Å². The van der Waals surface area contributed by atoms with Crippen LogP contribution in [0.2, 0.25) is 0 Å². The first kappa shape index (κ1) is 16.6. The number of rotatable bonds is 4. The zero-order chi connectivity index (χ0) is 18.1.